The number of carbonyl (C=O) groups excluding carboxylic acids is 2. The largest absolute Gasteiger partial charge is 0.454 e. The fraction of sp³-hybridized carbons (Fsp3) is 0.565. The average Bonchev–Trinajstić information content (AvgIpc) is 3.48. The van der Waals surface area contributed by atoms with Crippen LogP contribution < -0.4 is 5.32 Å². The van der Waals surface area contributed by atoms with Gasteiger partial charge in [-0.05, 0) is 49.9 Å². The van der Waals surface area contributed by atoms with E-state index < -0.39 is 0 Å². The SMILES string of the molecule is CCCNC(=O)c1ccc(Cn2cccc2CN(CCC)C(=O)C2CCCC2)o1. The Bertz CT molecular complexity index is 802. The number of furan rings is 1. The molecule has 0 spiro atoms. The van der Waals surface area contributed by atoms with Crippen LogP contribution in [0.15, 0.2) is 34.9 Å². The molecule has 2 aromatic heterocycles. The highest BCUT2D eigenvalue weighted by Crippen LogP contribution is 2.27. The van der Waals surface area contributed by atoms with Crippen molar-refractivity contribution in [2.24, 2.45) is 5.92 Å². The minimum Gasteiger partial charge on any atom is -0.454 e. The fourth-order valence-corrected chi connectivity index (χ4v) is 3.99. The van der Waals surface area contributed by atoms with Crippen LogP contribution in [0.1, 0.15) is 74.4 Å². The molecule has 6 heteroatoms. The van der Waals surface area contributed by atoms with E-state index in [1.54, 1.807) is 6.07 Å². The molecule has 1 N–H and O–H groups in total. The van der Waals surface area contributed by atoms with Gasteiger partial charge in [0.05, 0.1) is 13.1 Å². The second kappa shape index (κ2) is 10.3. The highest BCUT2D eigenvalue weighted by molar-refractivity contribution is 5.91. The molecule has 1 aliphatic carbocycles. The molecule has 29 heavy (non-hydrogen) atoms. The third kappa shape index (κ3) is 5.52. The van der Waals surface area contributed by atoms with E-state index in [9.17, 15) is 9.59 Å². The van der Waals surface area contributed by atoms with Gasteiger partial charge in [0, 0.05) is 30.9 Å². The molecule has 1 fully saturated rings. The lowest BCUT2D eigenvalue weighted by molar-refractivity contribution is -0.136. The van der Waals surface area contributed by atoms with Gasteiger partial charge >= 0.3 is 0 Å². The first kappa shape index (κ1) is 21.2. The normalized spacial score (nSPS) is 14.3. The lowest BCUT2D eigenvalue weighted by Gasteiger charge is -2.26. The number of amides is 2. The predicted molar refractivity (Wildman–Crippen MR) is 113 cm³/mol. The number of nitrogens with one attached hydrogen (secondary N) is 1. The maximum absolute atomic E-state index is 12.9. The Morgan fingerprint density at radius 2 is 1.97 bits per heavy atom. The van der Waals surface area contributed by atoms with Gasteiger partial charge in [0.15, 0.2) is 5.76 Å². The monoisotopic (exact) mass is 399 g/mol. The number of hydrogen-bond donors (Lipinski definition) is 1. The number of aromatic nitrogens is 1. The Hall–Kier alpha value is -2.50. The van der Waals surface area contributed by atoms with Crippen molar-refractivity contribution < 1.29 is 14.0 Å². The van der Waals surface area contributed by atoms with Crippen LogP contribution in [0, 0.1) is 5.92 Å². The van der Waals surface area contributed by atoms with Crippen LogP contribution >= 0.6 is 0 Å². The first-order valence-corrected chi connectivity index (χ1v) is 10.9. The summed E-state index contributed by atoms with van der Waals surface area (Å²) in [7, 11) is 0. The summed E-state index contributed by atoms with van der Waals surface area (Å²) >= 11 is 0. The van der Waals surface area contributed by atoms with Crippen LogP contribution in [0.5, 0.6) is 0 Å². The summed E-state index contributed by atoms with van der Waals surface area (Å²) in [4.78, 5) is 27.0. The van der Waals surface area contributed by atoms with Crippen LogP contribution in [-0.2, 0) is 17.9 Å². The summed E-state index contributed by atoms with van der Waals surface area (Å²) in [6.45, 7) is 6.70. The minimum atomic E-state index is -0.179. The van der Waals surface area contributed by atoms with Crippen LogP contribution in [0.4, 0.5) is 0 Å². The van der Waals surface area contributed by atoms with Gasteiger partial charge in [0.25, 0.3) is 5.91 Å². The molecule has 2 heterocycles. The molecule has 0 saturated heterocycles. The Morgan fingerprint density at radius 1 is 1.17 bits per heavy atom. The third-order valence-corrected chi connectivity index (χ3v) is 5.53. The van der Waals surface area contributed by atoms with E-state index in [-0.39, 0.29) is 11.8 Å². The zero-order chi connectivity index (χ0) is 20.6. The standard InChI is InChI=1S/C23H33N3O3/c1-3-13-24-22(27)21-12-11-20(29-21)17-25-15-7-10-19(25)16-26(14-4-2)23(28)18-8-5-6-9-18/h7,10-12,15,18H,3-6,8-9,13-14,16-17H2,1-2H3,(H,24,27). The van der Waals surface area contributed by atoms with Crippen molar-refractivity contribution in [1.29, 1.82) is 0 Å². The molecule has 2 aromatic rings. The summed E-state index contributed by atoms with van der Waals surface area (Å²) in [6, 6.07) is 7.62. The predicted octanol–water partition coefficient (Wildman–Crippen LogP) is 4.20. The van der Waals surface area contributed by atoms with Crippen molar-refractivity contribution in [3.63, 3.8) is 0 Å². The highest BCUT2D eigenvalue weighted by Gasteiger charge is 2.27. The molecule has 0 atom stereocenters. The molecule has 0 aliphatic heterocycles. The molecular formula is C23H33N3O3. The topological polar surface area (TPSA) is 67.5 Å². The highest BCUT2D eigenvalue weighted by atomic mass is 16.4. The van der Waals surface area contributed by atoms with Crippen molar-refractivity contribution in [2.75, 3.05) is 13.1 Å². The summed E-state index contributed by atoms with van der Waals surface area (Å²) in [5.74, 6) is 1.38. The Balaban J connectivity index is 1.66. The van der Waals surface area contributed by atoms with Crippen molar-refractivity contribution in [3.05, 3.63) is 47.7 Å². The quantitative estimate of drug-likeness (QED) is 0.651. The summed E-state index contributed by atoms with van der Waals surface area (Å²) in [5.41, 5.74) is 1.08. The van der Waals surface area contributed by atoms with Crippen LogP contribution in [0.3, 0.4) is 0 Å². The third-order valence-electron chi connectivity index (χ3n) is 5.53. The van der Waals surface area contributed by atoms with Gasteiger partial charge in [-0.15, -0.1) is 0 Å². The minimum absolute atomic E-state index is 0.179. The Kier molecular flexibility index (Phi) is 7.55. The second-order valence-electron chi connectivity index (χ2n) is 7.89. The van der Waals surface area contributed by atoms with E-state index in [0.29, 0.717) is 31.3 Å². The molecule has 1 saturated carbocycles. The maximum atomic E-state index is 12.9. The first-order chi connectivity index (χ1) is 14.1. The second-order valence-corrected chi connectivity index (χ2v) is 7.89. The van der Waals surface area contributed by atoms with Crippen molar-refractivity contribution >= 4 is 11.8 Å². The average molecular weight is 400 g/mol. The van der Waals surface area contributed by atoms with Gasteiger partial charge in [-0.25, -0.2) is 0 Å². The Labute approximate surface area is 173 Å². The summed E-state index contributed by atoms with van der Waals surface area (Å²) in [5, 5.41) is 2.83. The van der Waals surface area contributed by atoms with E-state index in [0.717, 1.165) is 43.7 Å². The molecule has 0 unspecified atom stereocenters. The molecule has 0 aromatic carbocycles. The molecule has 6 nitrogen and oxygen atoms in total. The van der Waals surface area contributed by atoms with Gasteiger partial charge in [-0.2, -0.15) is 0 Å². The molecule has 0 radical (unpaired) electrons. The Morgan fingerprint density at radius 3 is 2.69 bits per heavy atom. The first-order valence-electron chi connectivity index (χ1n) is 10.9. The van der Waals surface area contributed by atoms with E-state index >= 15 is 0 Å². The van der Waals surface area contributed by atoms with E-state index in [1.165, 1.54) is 12.8 Å². The van der Waals surface area contributed by atoms with E-state index in [2.05, 4.69) is 22.9 Å². The lowest BCUT2D eigenvalue weighted by atomic mass is 10.1. The lowest BCUT2D eigenvalue weighted by Crippen LogP contribution is -2.36. The van der Waals surface area contributed by atoms with Gasteiger partial charge < -0.3 is 19.2 Å². The summed E-state index contributed by atoms with van der Waals surface area (Å²) < 4.78 is 7.83. The van der Waals surface area contributed by atoms with Crippen molar-refractivity contribution in [1.82, 2.24) is 14.8 Å². The van der Waals surface area contributed by atoms with Crippen LogP contribution in [0.25, 0.3) is 0 Å². The number of hydrogen-bond acceptors (Lipinski definition) is 3. The molecule has 3 rings (SSSR count). The number of carbonyl (C=O) groups is 2. The van der Waals surface area contributed by atoms with Crippen LogP contribution in [-0.4, -0.2) is 34.4 Å². The summed E-state index contributed by atoms with van der Waals surface area (Å²) in [6.07, 6.45) is 8.22. The van der Waals surface area contributed by atoms with Gasteiger partial charge in [-0.1, -0.05) is 26.7 Å². The van der Waals surface area contributed by atoms with E-state index in [1.807, 2.05) is 30.2 Å². The number of nitrogens with zero attached hydrogens (tertiary/aromatic N) is 2. The van der Waals surface area contributed by atoms with Crippen LogP contribution in [0.2, 0.25) is 0 Å². The van der Waals surface area contributed by atoms with E-state index in [4.69, 9.17) is 4.42 Å². The van der Waals surface area contributed by atoms with Gasteiger partial charge in [0.2, 0.25) is 5.91 Å². The smallest absolute Gasteiger partial charge is 0.286 e. The molecule has 2 amide bonds. The fourth-order valence-electron chi connectivity index (χ4n) is 3.99. The zero-order valence-corrected chi connectivity index (χ0v) is 17.7. The maximum Gasteiger partial charge on any atom is 0.286 e. The van der Waals surface area contributed by atoms with Crippen molar-refractivity contribution in [2.45, 2.75) is 65.5 Å². The zero-order valence-electron chi connectivity index (χ0n) is 17.7. The van der Waals surface area contributed by atoms with Crippen molar-refractivity contribution in [3.8, 4) is 0 Å². The van der Waals surface area contributed by atoms with Gasteiger partial charge in [0.1, 0.15) is 5.76 Å². The molecule has 1 aliphatic rings. The molecular weight excluding hydrogens is 366 g/mol. The van der Waals surface area contributed by atoms with Gasteiger partial charge in [-0.3, -0.25) is 9.59 Å². The molecule has 158 valence electrons. The molecule has 0 bridgehead atoms. The number of rotatable bonds is 10.